The molecule has 0 bridgehead atoms. The molecular weight excluding hydrogens is 448 g/mol. The Kier molecular flexibility index (Phi) is 7.53. The third-order valence-electron chi connectivity index (χ3n) is 6.09. The second-order valence-corrected chi connectivity index (χ2v) is 9.51. The van der Waals surface area contributed by atoms with Crippen molar-refractivity contribution in [3.8, 4) is 11.5 Å². The molecule has 178 valence electrons. The summed E-state index contributed by atoms with van der Waals surface area (Å²) in [7, 11) is 1.61. The van der Waals surface area contributed by atoms with Crippen LogP contribution in [-0.4, -0.2) is 54.5 Å². The van der Waals surface area contributed by atoms with E-state index >= 15 is 0 Å². The molecule has 0 fully saturated rings. The van der Waals surface area contributed by atoms with Gasteiger partial charge in [0.2, 0.25) is 5.91 Å². The topological polar surface area (TPSA) is 59.1 Å². The highest BCUT2D eigenvalue weighted by atomic mass is 32.1. The van der Waals surface area contributed by atoms with E-state index in [0.717, 1.165) is 12.0 Å². The van der Waals surface area contributed by atoms with Crippen LogP contribution in [0.4, 0.5) is 0 Å². The number of thiophene rings is 1. The largest absolute Gasteiger partial charge is 0.493 e. The number of benzene rings is 2. The molecule has 2 aromatic carbocycles. The van der Waals surface area contributed by atoms with Gasteiger partial charge in [-0.05, 0) is 61.5 Å². The van der Waals surface area contributed by atoms with Crippen molar-refractivity contribution in [2.75, 3.05) is 26.8 Å². The van der Waals surface area contributed by atoms with Gasteiger partial charge in [-0.15, -0.1) is 11.3 Å². The minimum Gasteiger partial charge on any atom is -0.493 e. The number of carbonyl (C=O) groups is 2. The summed E-state index contributed by atoms with van der Waals surface area (Å²) in [6, 6.07) is 18.3. The summed E-state index contributed by atoms with van der Waals surface area (Å²) in [6.07, 6.45) is 0.804. The highest BCUT2D eigenvalue weighted by molar-refractivity contribution is 7.10. The molecule has 4 rings (SSSR count). The molecule has 0 unspecified atom stereocenters. The SMILES string of the molecule is COc1ccccc1OC[C@@H]1c2ccsc2CCN1C(=O)CN(C(=O)c1ccccc1)C(C)C. The van der Waals surface area contributed by atoms with E-state index in [0.29, 0.717) is 30.2 Å². The second-order valence-electron chi connectivity index (χ2n) is 8.51. The molecule has 2 amide bonds. The van der Waals surface area contributed by atoms with Gasteiger partial charge < -0.3 is 19.3 Å². The Morgan fingerprint density at radius 1 is 1.06 bits per heavy atom. The first kappa shape index (κ1) is 23.8. The fourth-order valence-corrected chi connectivity index (χ4v) is 5.18. The predicted molar refractivity (Wildman–Crippen MR) is 134 cm³/mol. The van der Waals surface area contributed by atoms with Gasteiger partial charge in [0, 0.05) is 23.0 Å². The van der Waals surface area contributed by atoms with Crippen LogP contribution in [0.3, 0.4) is 0 Å². The molecule has 1 aliphatic heterocycles. The van der Waals surface area contributed by atoms with Crippen LogP contribution in [0.5, 0.6) is 11.5 Å². The Morgan fingerprint density at radius 3 is 2.47 bits per heavy atom. The zero-order valence-corrected chi connectivity index (χ0v) is 20.6. The van der Waals surface area contributed by atoms with Crippen LogP contribution in [0.2, 0.25) is 0 Å². The summed E-state index contributed by atoms with van der Waals surface area (Å²) in [5.74, 6) is 1.08. The molecule has 0 aliphatic carbocycles. The van der Waals surface area contributed by atoms with E-state index in [1.807, 2.05) is 61.2 Å². The van der Waals surface area contributed by atoms with Gasteiger partial charge in [0.25, 0.3) is 5.91 Å². The zero-order valence-electron chi connectivity index (χ0n) is 19.8. The van der Waals surface area contributed by atoms with Crippen molar-refractivity contribution in [1.82, 2.24) is 9.80 Å². The maximum atomic E-state index is 13.6. The summed E-state index contributed by atoms with van der Waals surface area (Å²) in [5, 5.41) is 2.06. The molecule has 0 saturated heterocycles. The molecule has 0 saturated carbocycles. The molecule has 1 aromatic heterocycles. The molecule has 2 heterocycles. The third-order valence-corrected chi connectivity index (χ3v) is 7.09. The maximum Gasteiger partial charge on any atom is 0.254 e. The molecule has 3 aromatic rings. The zero-order chi connectivity index (χ0) is 24.1. The van der Waals surface area contributed by atoms with E-state index in [4.69, 9.17) is 9.47 Å². The first-order chi connectivity index (χ1) is 16.5. The average molecular weight is 479 g/mol. The van der Waals surface area contributed by atoms with Gasteiger partial charge in [-0.3, -0.25) is 9.59 Å². The van der Waals surface area contributed by atoms with Crippen LogP contribution in [-0.2, 0) is 11.2 Å². The first-order valence-electron chi connectivity index (χ1n) is 11.5. The predicted octanol–water partition coefficient (Wildman–Crippen LogP) is 4.81. The number of rotatable bonds is 8. The Bertz CT molecular complexity index is 1130. The van der Waals surface area contributed by atoms with Crippen LogP contribution in [0, 0.1) is 0 Å². The van der Waals surface area contributed by atoms with Crippen molar-refractivity contribution in [3.63, 3.8) is 0 Å². The Labute approximate surface area is 204 Å². The molecule has 34 heavy (non-hydrogen) atoms. The second kappa shape index (κ2) is 10.7. The van der Waals surface area contributed by atoms with Crippen LogP contribution < -0.4 is 9.47 Å². The number of para-hydroxylation sites is 2. The van der Waals surface area contributed by atoms with Crippen molar-refractivity contribution in [2.24, 2.45) is 0 Å². The van der Waals surface area contributed by atoms with E-state index in [9.17, 15) is 9.59 Å². The quantitative estimate of drug-likeness (QED) is 0.466. The van der Waals surface area contributed by atoms with Gasteiger partial charge >= 0.3 is 0 Å². The minimum absolute atomic E-state index is 0.0238. The molecule has 0 N–H and O–H groups in total. The molecule has 7 heteroatoms. The summed E-state index contributed by atoms with van der Waals surface area (Å²) in [4.78, 5) is 31.5. The Morgan fingerprint density at radius 2 is 1.76 bits per heavy atom. The summed E-state index contributed by atoms with van der Waals surface area (Å²) in [6.45, 7) is 4.80. The minimum atomic E-state index is -0.228. The molecule has 1 atom stereocenters. The summed E-state index contributed by atoms with van der Waals surface area (Å²) in [5.41, 5.74) is 1.70. The molecule has 0 radical (unpaired) electrons. The lowest BCUT2D eigenvalue weighted by atomic mass is 10.00. The smallest absolute Gasteiger partial charge is 0.254 e. The van der Waals surface area contributed by atoms with E-state index in [1.54, 1.807) is 35.5 Å². The van der Waals surface area contributed by atoms with Gasteiger partial charge in [-0.25, -0.2) is 0 Å². The van der Waals surface area contributed by atoms with Gasteiger partial charge in [-0.2, -0.15) is 0 Å². The normalized spacial score (nSPS) is 15.1. The van der Waals surface area contributed by atoms with Gasteiger partial charge in [-0.1, -0.05) is 30.3 Å². The average Bonchev–Trinajstić information content (AvgIpc) is 3.35. The standard InChI is InChI=1S/C27H30N2O4S/c1-19(2)29(27(31)20-9-5-4-6-10-20)17-26(30)28-15-13-25-21(14-16-34-25)22(28)18-33-24-12-8-7-11-23(24)32-3/h4-12,14,16,19,22H,13,15,17-18H2,1-3H3/t22-/m1/s1. The summed E-state index contributed by atoms with van der Waals surface area (Å²) < 4.78 is 11.6. The lowest BCUT2D eigenvalue weighted by Crippen LogP contribution is -2.49. The monoisotopic (exact) mass is 478 g/mol. The van der Waals surface area contributed by atoms with Gasteiger partial charge in [0.05, 0.1) is 13.2 Å². The Hall–Kier alpha value is -3.32. The van der Waals surface area contributed by atoms with Crippen molar-refractivity contribution < 1.29 is 19.1 Å². The van der Waals surface area contributed by atoms with Crippen LogP contribution in [0.25, 0.3) is 0 Å². The van der Waals surface area contributed by atoms with E-state index in [-0.39, 0.29) is 30.4 Å². The number of ether oxygens (including phenoxy) is 2. The van der Waals surface area contributed by atoms with Crippen LogP contribution in [0.1, 0.15) is 40.7 Å². The maximum absolute atomic E-state index is 13.6. The fraction of sp³-hybridized carbons (Fsp3) is 0.333. The molecular formula is C27H30N2O4S. The summed E-state index contributed by atoms with van der Waals surface area (Å²) >= 11 is 1.71. The van der Waals surface area contributed by atoms with Crippen molar-refractivity contribution in [3.05, 3.63) is 82.0 Å². The number of nitrogens with zero attached hydrogens (tertiary/aromatic N) is 2. The van der Waals surface area contributed by atoms with Crippen LogP contribution in [0.15, 0.2) is 66.0 Å². The molecule has 1 aliphatic rings. The number of hydrogen-bond acceptors (Lipinski definition) is 5. The highest BCUT2D eigenvalue weighted by Gasteiger charge is 2.34. The van der Waals surface area contributed by atoms with Gasteiger partial charge in [0.1, 0.15) is 13.2 Å². The van der Waals surface area contributed by atoms with Gasteiger partial charge in [0.15, 0.2) is 11.5 Å². The Balaban J connectivity index is 1.54. The van der Waals surface area contributed by atoms with Crippen molar-refractivity contribution in [1.29, 1.82) is 0 Å². The lowest BCUT2D eigenvalue weighted by Gasteiger charge is -2.37. The lowest BCUT2D eigenvalue weighted by molar-refractivity contribution is -0.136. The number of methoxy groups -OCH3 is 1. The van der Waals surface area contributed by atoms with Crippen molar-refractivity contribution >= 4 is 23.2 Å². The number of fused-ring (bicyclic) bond motifs is 1. The number of amides is 2. The highest BCUT2D eigenvalue weighted by Crippen LogP contribution is 2.35. The first-order valence-corrected chi connectivity index (χ1v) is 12.3. The third kappa shape index (κ3) is 5.09. The van der Waals surface area contributed by atoms with Crippen molar-refractivity contribution in [2.45, 2.75) is 32.4 Å². The van der Waals surface area contributed by atoms with E-state index < -0.39 is 0 Å². The molecule has 6 nitrogen and oxygen atoms in total. The fourth-order valence-electron chi connectivity index (χ4n) is 4.25. The van der Waals surface area contributed by atoms with E-state index in [1.165, 1.54) is 4.88 Å². The molecule has 0 spiro atoms. The number of carbonyl (C=O) groups excluding carboxylic acids is 2. The van der Waals surface area contributed by atoms with E-state index in [2.05, 4.69) is 11.4 Å². The number of hydrogen-bond donors (Lipinski definition) is 0. The van der Waals surface area contributed by atoms with Crippen LogP contribution >= 0.6 is 11.3 Å².